The predicted octanol–water partition coefficient (Wildman–Crippen LogP) is 2.39. The van der Waals surface area contributed by atoms with E-state index < -0.39 is 0 Å². The molecule has 4 nitrogen and oxygen atoms in total. The standard InChI is InChI=1S/C14H18N4/c15-14(8-2-1-3-9-14)12-4-6-13(7-5-12)18-16-10-11-17-18/h4-7,10-11H,1-3,8-9,15H2. The first kappa shape index (κ1) is 11.4. The van der Waals surface area contributed by atoms with Gasteiger partial charge in [0.15, 0.2) is 0 Å². The molecule has 1 aliphatic carbocycles. The number of hydrogen-bond donors (Lipinski definition) is 1. The van der Waals surface area contributed by atoms with Crippen LogP contribution in [0.2, 0.25) is 0 Å². The number of nitrogens with zero attached hydrogens (tertiary/aromatic N) is 3. The molecule has 2 N–H and O–H groups in total. The lowest BCUT2D eigenvalue weighted by molar-refractivity contribution is 0.302. The van der Waals surface area contributed by atoms with E-state index in [1.807, 2.05) is 12.1 Å². The molecular weight excluding hydrogens is 224 g/mol. The monoisotopic (exact) mass is 242 g/mol. The van der Waals surface area contributed by atoms with Crippen molar-refractivity contribution >= 4 is 0 Å². The van der Waals surface area contributed by atoms with Crippen LogP contribution in [0.3, 0.4) is 0 Å². The third-order valence-corrected chi connectivity index (χ3v) is 3.84. The summed E-state index contributed by atoms with van der Waals surface area (Å²) in [6.45, 7) is 0. The number of nitrogens with two attached hydrogens (primary N) is 1. The van der Waals surface area contributed by atoms with E-state index in [1.54, 1.807) is 17.2 Å². The number of rotatable bonds is 2. The molecule has 0 aliphatic heterocycles. The van der Waals surface area contributed by atoms with E-state index in [4.69, 9.17) is 5.73 Å². The van der Waals surface area contributed by atoms with Gasteiger partial charge in [-0.1, -0.05) is 31.4 Å². The van der Waals surface area contributed by atoms with Gasteiger partial charge in [-0.3, -0.25) is 0 Å². The molecule has 0 atom stereocenters. The van der Waals surface area contributed by atoms with Gasteiger partial charge in [0.2, 0.25) is 0 Å². The van der Waals surface area contributed by atoms with Gasteiger partial charge in [0.25, 0.3) is 0 Å². The maximum absolute atomic E-state index is 6.51. The van der Waals surface area contributed by atoms with Crippen LogP contribution in [0.15, 0.2) is 36.7 Å². The molecule has 1 saturated carbocycles. The molecule has 94 valence electrons. The second-order valence-electron chi connectivity index (χ2n) is 5.08. The minimum absolute atomic E-state index is 0.131. The van der Waals surface area contributed by atoms with Gasteiger partial charge in [-0.2, -0.15) is 15.0 Å². The molecule has 0 radical (unpaired) electrons. The molecule has 18 heavy (non-hydrogen) atoms. The molecule has 0 bridgehead atoms. The second kappa shape index (κ2) is 4.53. The van der Waals surface area contributed by atoms with E-state index in [0.717, 1.165) is 18.5 Å². The molecule has 0 spiro atoms. The fraction of sp³-hybridized carbons (Fsp3) is 0.429. The van der Waals surface area contributed by atoms with E-state index in [9.17, 15) is 0 Å². The van der Waals surface area contributed by atoms with Crippen LogP contribution in [0.1, 0.15) is 37.7 Å². The highest BCUT2D eigenvalue weighted by atomic mass is 15.5. The molecule has 1 aliphatic rings. The van der Waals surface area contributed by atoms with Gasteiger partial charge in [-0.25, -0.2) is 0 Å². The van der Waals surface area contributed by atoms with E-state index in [2.05, 4.69) is 22.3 Å². The predicted molar refractivity (Wildman–Crippen MR) is 70.3 cm³/mol. The van der Waals surface area contributed by atoms with Gasteiger partial charge in [-0.15, -0.1) is 0 Å². The number of benzene rings is 1. The van der Waals surface area contributed by atoms with Crippen molar-refractivity contribution in [3.05, 3.63) is 42.2 Å². The Morgan fingerprint density at radius 3 is 2.17 bits per heavy atom. The Hall–Kier alpha value is -1.68. The van der Waals surface area contributed by atoms with Crippen molar-refractivity contribution in [2.24, 2.45) is 5.73 Å². The minimum Gasteiger partial charge on any atom is -0.321 e. The van der Waals surface area contributed by atoms with E-state index in [0.29, 0.717) is 0 Å². The van der Waals surface area contributed by atoms with Crippen molar-refractivity contribution in [1.29, 1.82) is 0 Å². The van der Waals surface area contributed by atoms with Gasteiger partial charge in [0.05, 0.1) is 18.1 Å². The maximum Gasteiger partial charge on any atom is 0.0856 e. The molecule has 3 rings (SSSR count). The first-order valence-corrected chi connectivity index (χ1v) is 6.54. The van der Waals surface area contributed by atoms with Crippen molar-refractivity contribution in [1.82, 2.24) is 15.0 Å². The summed E-state index contributed by atoms with van der Waals surface area (Å²) >= 11 is 0. The number of hydrogen-bond acceptors (Lipinski definition) is 3. The lowest BCUT2D eigenvalue weighted by atomic mass is 9.77. The van der Waals surface area contributed by atoms with Crippen LogP contribution >= 0.6 is 0 Å². The number of aromatic nitrogens is 3. The van der Waals surface area contributed by atoms with Crippen LogP contribution < -0.4 is 5.73 Å². The van der Waals surface area contributed by atoms with E-state index in [-0.39, 0.29) is 5.54 Å². The van der Waals surface area contributed by atoms with Crippen LogP contribution in [0, 0.1) is 0 Å². The maximum atomic E-state index is 6.51. The Morgan fingerprint density at radius 1 is 0.944 bits per heavy atom. The zero-order valence-electron chi connectivity index (χ0n) is 10.4. The summed E-state index contributed by atoms with van der Waals surface area (Å²) in [6, 6.07) is 8.31. The fourth-order valence-electron chi connectivity index (χ4n) is 2.75. The third kappa shape index (κ3) is 2.04. The lowest BCUT2D eigenvalue weighted by Crippen LogP contribution is -2.38. The van der Waals surface area contributed by atoms with Crippen LogP contribution in [-0.4, -0.2) is 15.0 Å². The quantitative estimate of drug-likeness (QED) is 0.879. The fourth-order valence-corrected chi connectivity index (χ4v) is 2.75. The molecule has 1 fully saturated rings. The van der Waals surface area contributed by atoms with Crippen LogP contribution in [0.5, 0.6) is 0 Å². The third-order valence-electron chi connectivity index (χ3n) is 3.84. The van der Waals surface area contributed by atoms with Crippen LogP contribution in [0.4, 0.5) is 0 Å². The van der Waals surface area contributed by atoms with Gasteiger partial charge in [-0.05, 0) is 30.5 Å². The summed E-state index contributed by atoms with van der Waals surface area (Å²) in [5.74, 6) is 0. The first-order chi connectivity index (χ1) is 8.78. The SMILES string of the molecule is NC1(c2ccc(-n3nccn3)cc2)CCCCC1. The molecule has 1 heterocycles. The van der Waals surface area contributed by atoms with Crippen molar-refractivity contribution in [3.63, 3.8) is 0 Å². The molecule has 4 heteroatoms. The lowest BCUT2D eigenvalue weighted by Gasteiger charge is -2.34. The summed E-state index contributed by atoms with van der Waals surface area (Å²) in [5.41, 5.74) is 8.59. The molecule has 1 aromatic heterocycles. The molecular formula is C14H18N4. The molecule has 0 saturated heterocycles. The Bertz CT molecular complexity index is 495. The normalized spacial score (nSPS) is 18.7. The van der Waals surface area contributed by atoms with E-state index >= 15 is 0 Å². The highest BCUT2D eigenvalue weighted by Crippen LogP contribution is 2.34. The molecule has 2 aromatic rings. The minimum atomic E-state index is -0.131. The zero-order chi connectivity index (χ0) is 12.4. The average molecular weight is 242 g/mol. The molecule has 1 aromatic carbocycles. The van der Waals surface area contributed by atoms with E-state index in [1.165, 1.54) is 24.8 Å². The highest BCUT2D eigenvalue weighted by Gasteiger charge is 2.29. The van der Waals surface area contributed by atoms with Gasteiger partial charge >= 0.3 is 0 Å². The summed E-state index contributed by atoms with van der Waals surface area (Å²) in [7, 11) is 0. The Kier molecular flexibility index (Phi) is 2.88. The smallest absolute Gasteiger partial charge is 0.0856 e. The van der Waals surface area contributed by atoms with Crippen LogP contribution in [-0.2, 0) is 5.54 Å². The summed E-state index contributed by atoms with van der Waals surface area (Å²) < 4.78 is 0. The zero-order valence-corrected chi connectivity index (χ0v) is 10.4. The van der Waals surface area contributed by atoms with Crippen molar-refractivity contribution < 1.29 is 0 Å². The average Bonchev–Trinajstić information content (AvgIpc) is 2.94. The van der Waals surface area contributed by atoms with Crippen molar-refractivity contribution in [2.75, 3.05) is 0 Å². The summed E-state index contributed by atoms with van der Waals surface area (Å²) in [5, 5.41) is 8.24. The summed E-state index contributed by atoms with van der Waals surface area (Å²) in [4.78, 5) is 1.62. The highest BCUT2D eigenvalue weighted by molar-refractivity contribution is 5.35. The second-order valence-corrected chi connectivity index (χ2v) is 5.08. The molecule has 0 amide bonds. The van der Waals surface area contributed by atoms with Gasteiger partial charge in [0.1, 0.15) is 0 Å². The van der Waals surface area contributed by atoms with Crippen LogP contribution in [0.25, 0.3) is 5.69 Å². The Labute approximate surface area is 107 Å². The molecule has 0 unspecified atom stereocenters. The topological polar surface area (TPSA) is 56.7 Å². The van der Waals surface area contributed by atoms with Crippen molar-refractivity contribution in [3.8, 4) is 5.69 Å². The summed E-state index contributed by atoms with van der Waals surface area (Å²) in [6.07, 6.45) is 9.32. The largest absolute Gasteiger partial charge is 0.321 e. The van der Waals surface area contributed by atoms with Crippen molar-refractivity contribution in [2.45, 2.75) is 37.6 Å². The Balaban J connectivity index is 1.86. The Morgan fingerprint density at radius 2 is 1.56 bits per heavy atom. The van der Waals surface area contributed by atoms with Gasteiger partial charge in [0, 0.05) is 5.54 Å². The van der Waals surface area contributed by atoms with Gasteiger partial charge < -0.3 is 5.73 Å². The first-order valence-electron chi connectivity index (χ1n) is 6.54.